The van der Waals surface area contributed by atoms with Crippen molar-refractivity contribution in [3.63, 3.8) is 0 Å². The molecule has 2 aliphatic carbocycles. The average Bonchev–Trinajstić information content (AvgIpc) is 2.83. The summed E-state index contributed by atoms with van der Waals surface area (Å²) >= 11 is 0. The maximum atomic E-state index is 12.1. The van der Waals surface area contributed by atoms with Crippen molar-refractivity contribution in [2.24, 2.45) is 0 Å². The molecule has 0 aromatic rings. The Hall–Kier alpha value is -1.82. The molecule has 0 aromatic heterocycles. The first-order chi connectivity index (χ1) is 9.81. The third kappa shape index (κ3) is 2.05. The SMILES string of the molecule is C/C=C/C1=CC(=O)[C@](O)([C@]2(O)C(=O)C=C(/C=C/C)[C@@H]2O)C1. The summed E-state index contributed by atoms with van der Waals surface area (Å²) in [5, 5.41) is 31.5. The van der Waals surface area contributed by atoms with E-state index < -0.39 is 28.9 Å². The van der Waals surface area contributed by atoms with E-state index in [4.69, 9.17) is 0 Å². The summed E-state index contributed by atoms with van der Waals surface area (Å²) in [6.45, 7) is 3.44. The Kier molecular flexibility index (Phi) is 3.84. The standard InChI is InChI=1S/C16H18O5/c1-3-5-10-7-12(17)15(20,9-10)16(21)13(18)8-11(6-4-2)14(16)19/h3-8,14,19-21H,9H2,1-2H3/b5-3+,6-4+/t14-,15-,16-/m0/s1. The van der Waals surface area contributed by atoms with E-state index in [0.717, 1.165) is 6.08 Å². The van der Waals surface area contributed by atoms with Crippen LogP contribution in [0.3, 0.4) is 0 Å². The van der Waals surface area contributed by atoms with Gasteiger partial charge in [-0.15, -0.1) is 0 Å². The number of allylic oxidation sites excluding steroid dienone is 3. The van der Waals surface area contributed by atoms with E-state index in [2.05, 4.69) is 0 Å². The van der Waals surface area contributed by atoms with E-state index in [9.17, 15) is 24.9 Å². The van der Waals surface area contributed by atoms with Crippen LogP contribution in [0.5, 0.6) is 0 Å². The van der Waals surface area contributed by atoms with Gasteiger partial charge in [-0.05, 0) is 37.1 Å². The lowest BCUT2D eigenvalue weighted by molar-refractivity contribution is -0.189. The molecular weight excluding hydrogens is 272 g/mol. The summed E-state index contributed by atoms with van der Waals surface area (Å²) in [5.74, 6) is -1.64. The molecule has 3 N–H and O–H groups in total. The van der Waals surface area contributed by atoms with Crippen LogP contribution in [0.25, 0.3) is 0 Å². The molecule has 0 fully saturated rings. The highest BCUT2D eigenvalue weighted by molar-refractivity contribution is 6.12. The number of carbonyl (C=O) groups is 2. The highest BCUT2D eigenvalue weighted by atomic mass is 16.4. The van der Waals surface area contributed by atoms with Crippen LogP contribution in [0, 0.1) is 0 Å². The Balaban J connectivity index is 2.43. The van der Waals surface area contributed by atoms with Crippen molar-refractivity contribution in [2.75, 3.05) is 0 Å². The maximum Gasteiger partial charge on any atom is 0.194 e. The number of ketones is 2. The van der Waals surface area contributed by atoms with Crippen LogP contribution in [0.15, 0.2) is 47.6 Å². The summed E-state index contributed by atoms with van der Waals surface area (Å²) < 4.78 is 0. The highest BCUT2D eigenvalue weighted by Gasteiger charge is 2.66. The van der Waals surface area contributed by atoms with Gasteiger partial charge in [-0.2, -0.15) is 0 Å². The molecule has 0 aromatic carbocycles. The van der Waals surface area contributed by atoms with Crippen LogP contribution >= 0.6 is 0 Å². The molecule has 5 heteroatoms. The lowest BCUT2D eigenvalue weighted by atomic mass is 9.75. The second-order valence-corrected chi connectivity index (χ2v) is 5.30. The first-order valence-electron chi connectivity index (χ1n) is 6.70. The maximum absolute atomic E-state index is 12.1. The van der Waals surface area contributed by atoms with Gasteiger partial charge in [-0.25, -0.2) is 0 Å². The molecule has 0 unspecified atom stereocenters. The number of aliphatic hydroxyl groups is 3. The molecular formula is C16H18O5. The van der Waals surface area contributed by atoms with E-state index in [1.54, 1.807) is 32.1 Å². The minimum atomic E-state index is -2.56. The summed E-state index contributed by atoms with van der Waals surface area (Å²) in [5.41, 5.74) is -4.24. The van der Waals surface area contributed by atoms with Gasteiger partial charge in [0.25, 0.3) is 0 Å². The number of hydrogen-bond donors (Lipinski definition) is 3. The van der Waals surface area contributed by atoms with Crippen LogP contribution in [0.2, 0.25) is 0 Å². The van der Waals surface area contributed by atoms with Gasteiger partial charge in [-0.1, -0.05) is 24.3 Å². The number of carbonyl (C=O) groups excluding carboxylic acids is 2. The molecule has 2 aliphatic rings. The van der Waals surface area contributed by atoms with Crippen molar-refractivity contribution >= 4 is 11.6 Å². The molecule has 0 spiro atoms. The molecule has 0 amide bonds. The van der Waals surface area contributed by atoms with Gasteiger partial charge in [0.2, 0.25) is 0 Å². The number of rotatable bonds is 3. The van der Waals surface area contributed by atoms with Crippen molar-refractivity contribution < 1.29 is 24.9 Å². The van der Waals surface area contributed by atoms with Gasteiger partial charge < -0.3 is 15.3 Å². The normalized spacial score (nSPS) is 36.9. The number of hydrogen-bond acceptors (Lipinski definition) is 5. The fourth-order valence-corrected chi connectivity index (χ4v) is 2.84. The van der Waals surface area contributed by atoms with Gasteiger partial charge in [0, 0.05) is 6.42 Å². The van der Waals surface area contributed by atoms with E-state index in [1.807, 2.05) is 0 Å². The molecule has 0 radical (unpaired) electrons. The average molecular weight is 290 g/mol. The van der Waals surface area contributed by atoms with Crippen molar-refractivity contribution in [1.29, 1.82) is 0 Å². The Labute approximate surface area is 122 Å². The second-order valence-electron chi connectivity index (χ2n) is 5.30. The topological polar surface area (TPSA) is 94.8 Å². The van der Waals surface area contributed by atoms with Crippen molar-refractivity contribution in [3.05, 3.63) is 47.6 Å². The molecule has 0 bridgehead atoms. The molecule has 2 rings (SSSR count). The van der Waals surface area contributed by atoms with Gasteiger partial charge in [0.05, 0.1) is 0 Å². The van der Waals surface area contributed by atoms with Crippen LogP contribution in [0.1, 0.15) is 20.3 Å². The Bertz CT molecular complexity index is 610. The lowest BCUT2D eigenvalue weighted by Crippen LogP contribution is -2.65. The molecule has 5 nitrogen and oxygen atoms in total. The van der Waals surface area contributed by atoms with Gasteiger partial charge in [-0.3, -0.25) is 9.59 Å². The van der Waals surface area contributed by atoms with Crippen molar-refractivity contribution in [2.45, 2.75) is 37.6 Å². The Morgan fingerprint density at radius 2 is 1.71 bits per heavy atom. The number of aliphatic hydroxyl groups excluding tert-OH is 1. The molecule has 0 heterocycles. The van der Waals surface area contributed by atoms with Crippen LogP contribution in [0.4, 0.5) is 0 Å². The van der Waals surface area contributed by atoms with Gasteiger partial charge in [0.15, 0.2) is 22.8 Å². The first kappa shape index (κ1) is 15.6. The fourth-order valence-electron chi connectivity index (χ4n) is 2.84. The third-order valence-electron chi connectivity index (χ3n) is 3.94. The predicted molar refractivity (Wildman–Crippen MR) is 76.3 cm³/mol. The Morgan fingerprint density at radius 3 is 2.29 bits per heavy atom. The zero-order chi connectivity index (χ0) is 15.8. The summed E-state index contributed by atoms with van der Waals surface area (Å²) in [6.07, 6.45) is 6.74. The molecule has 21 heavy (non-hydrogen) atoms. The van der Waals surface area contributed by atoms with Crippen molar-refractivity contribution in [3.8, 4) is 0 Å². The van der Waals surface area contributed by atoms with E-state index in [0.29, 0.717) is 5.57 Å². The van der Waals surface area contributed by atoms with E-state index >= 15 is 0 Å². The predicted octanol–water partition coefficient (Wildman–Crippen LogP) is 0.370. The van der Waals surface area contributed by atoms with E-state index in [-0.39, 0.29) is 12.0 Å². The summed E-state index contributed by atoms with van der Waals surface area (Å²) in [7, 11) is 0. The summed E-state index contributed by atoms with van der Waals surface area (Å²) in [4.78, 5) is 24.2. The van der Waals surface area contributed by atoms with Crippen molar-refractivity contribution in [1.82, 2.24) is 0 Å². The molecule has 3 atom stereocenters. The quantitative estimate of drug-likeness (QED) is 0.698. The van der Waals surface area contributed by atoms with Gasteiger partial charge >= 0.3 is 0 Å². The minimum Gasteiger partial charge on any atom is -0.385 e. The highest BCUT2D eigenvalue weighted by Crippen LogP contribution is 2.43. The zero-order valence-corrected chi connectivity index (χ0v) is 11.9. The second kappa shape index (κ2) is 5.18. The van der Waals surface area contributed by atoms with Crippen LogP contribution in [-0.2, 0) is 9.59 Å². The molecule has 0 saturated carbocycles. The molecule has 0 saturated heterocycles. The third-order valence-corrected chi connectivity index (χ3v) is 3.94. The smallest absolute Gasteiger partial charge is 0.194 e. The Morgan fingerprint density at radius 1 is 1.10 bits per heavy atom. The molecule has 0 aliphatic heterocycles. The van der Waals surface area contributed by atoms with Crippen LogP contribution < -0.4 is 0 Å². The summed E-state index contributed by atoms with van der Waals surface area (Å²) in [6, 6.07) is 0. The van der Waals surface area contributed by atoms with E-state index in [1.165, 1.54) is 12.2 Å². The van der Waals surface area contributed by atoms with Crippen LogP contribution in [-0.4, -0.2) is 44.2 Å². The first-order valence-corrected chi connectivity index (χ1v) is 6.70. The fraction of sp³-hybridized carbons (Fsp3) is 0.375. The van der Waals surface area contributed by atoms with Gasteiger partial charge in [0.1, 0.15) is 6.10 Å². The molecule has 112 valence electrons. The zero-order valence-electron chi connectivity index (χ0n) is 11.9. The lowest BCUT2D eigenvalue weighted by Gasteiger charge is -2.38. The monoisotopic (exact) mass is 290 g/mol. The minimum absolute atomic E-state index is 0.172. The largest absolute Gasteiger partial charge is 0.385 e.